The monoisotopic (exact) mass is 275 g/mol. The quantitative estimate of drug-likeness (QED) is 0.911. The second kappa shape index (κ2) is 5.32. The van der Waals surface area contributed by atoms with Gasteiger partial charge in [0.05, 0.1) is 0 Å². The molecule has 0 radical (unpaired) electrons. The van der Waals surface area contributed by atoms with Crippen LogP contribution in [-0.4, -0.2) is 23.2 Å². The molecule has 1 heterocycles. The fourth-order valence-electron chi connectivity index (χ4n) is 2.43. The first-order chi connectivity index (χ1) is 9.67. The molecule has 0 bridgehead atoms. The zero-order valence-electron chi connectivity index (χ0n) is 11.7. The molecule has 5 heteroatoms. The van der Waals surface area contributed by atoms with Gasteiger partial charge in [0.2, 0.25) is 11.7 Å². The van der Waals surface area contributed by atoms with Crippen LogP contribution in [0, 0.1) is 18.7 Å². The van der Waals surface area contributed by atoms with Gasteiger partial charge in [-0.1, -0.05) is 5.16 Å². The molecule has 106 valence electrons. The summed E-state index contributed by atoms with van der Waals surface area (Å²) >= 11 is 0. The summed E-state index contributed by atoms with van der Waals surface area (Å²) in [6.45, 7) is 1.73. The average Bonchev–Trinajstić information content (AvgIpc) is 3.18. The molecule has 2 aromatic rings. The van der Waals surface area contributed by atoms with Gasteiger partial charge in [-0.05, 0) is 56.5 Å². The molecule has 1 atom stereocenters. The highest BCUT2D eigenvalue weighted by Crippen LogP contribution is 2.33. The third-order valence-electron chi connectivity index (χ3n) is 3.84. The SMILES string of the molecule is CNC(Cc1nc(-c2ccc(F)c(C)c2)no1)C1CC1. The summed E-state index contributed by atoms with van der Waals surface area (Å²) < 4.78 is 18.6. The average molecular weight is 275 g/mol. The first-order valence-corrected chi connectivity index (χ1v) is 6.93. The van der Waals surface area contributed by atoms with E-state index < -0.39 is 0 Å². The lowest BCUT2D eigenvalue weighted by Crippen LogP contribution is -2.29. The van der Waals surface area contributed by atoms with E-state index in [4.69, 9.17) is 4.52 Å². The summed E-state index contributed by atoms with van der Waals surface area (Å²) in [6, 6.07) is 5.24. The normalized spacial score (nSPS) is 16.4. The number of nitrogens with one attached hydrogen (secondary N) is 1. The van der Waals surface area contributed by atoms with Crippen LogP contribution in [0.1, 0.15) is 24.3 Å². The highest BCUT2D eigenvalue weighted by molar-refractivity contribution is 5.55. The molecule has 1 aromatic heterocycles. The molecular formula is C15H18FN3O. The molecule has 0 aliphatic heterocycles. The van der Waals surface area contributed by atoms with Gasteiger partial charge in [0.25, 0.3) is 0 Å². The molecular weight excluding hydrogens is 257 g/mol. The number of nitrogens with zero attached hydrogens (tertiary/aromatic N) is 2. The number of hydrogen-bond donors (Lipinski definition) is 1. The van der Waals surface area contributed by atoms with Gasteiger partial charge in [0.15, 0.2) is 0 Å². The van der Waals surface area contributed by atoms with Crippen molar-refractivity contribution in [3.05, 3.63) is 35.5 Å². The van der Waals surface area contributed by atoms with Crippen molar-refractivity contribution in [2.24, 2.45) is 5.92 Å². The first kappa shape index (κ1) is 13.2. The van der Waals surface area contributed by atoms with Gasteiger partial charge >= 0.3 is 0 Å². The Morgan fingerprint density at radius 2 is 2.25 bits per heavy atom. The number of rotatable bonds is 5. The highest BCUT2D eigenvalue weighted by Gasteiger charge is 2.31. The fourth-order valence-corrected chi connectivity index (χ4v) is 2.43. The Morgan fingerprint density at radius 3 is 2.90 bits per heavy atom. The van der Waals surface area contributed by atoms with Gasteiger partial charge in [0, 0.05) is 18.0 Å². The first-order valence-electron chi connectivity index (χ1n) is 6.93. The lowest BCUT2D eigenvalue weighted by Gasteiger charge is -2.11. The largest absolute Gasteiger partial charge is 0.339 e. The van der Waals surface area contributed by atoms with Crippen LogP contribution in [0.2, 0.25) is 0 Å². The Bertz CT molecular complexity index is 607. The maximum absolute atomic E-state index is 13.3. The summed E-state index contributed by atoms with van der Waals surface area (Å²) in [7, 11) is 1.96. The molecule has 0 spiro atoms. The maximum atomic E-state index is 13.3. The molecule has 1 aliphatic carbocycles. The molecule has 20 heavy (non-hydrogen) atoms. The lowest BCUT2D eigenvalue weighted by atomic mass is 10.1. The smallest absolute Gasteiger partial charge is 0.228 e. The molecule has 1 unspecified atom stereocenters. The van der Waals surface area contributed by atoms with E-state index in [-0.39, 0.29) is 5.82 Å². The molecule has 0 amide bonds. The van der Waals surface area contributed by atoms with Gasteiger partial charge in [0.1, 0.15) is 5.82 Å². The summed E-state index contributed by atoms with van der Waals surface area (Å²) in [5, 5.41) is 7.29. The summed E-state index contributed by atoms with van der Waals surface area (Å²) in [5.74, 6) is 1.66. The standard InChI is InChI=1S/C15H18FN3O/c1-9-7-11(5-6-12(9)16)15-18-14(20-19-15)8-13(17-2)10-3-4-10/h5-7,10,13,17H,3-4,8H2,1-2H3. The predicted octanol–water partition coefficient (Wildman–Crippen LogP) is 2.72. The van der Waals surface area contributed by atoms with E-state index in [0.29, 0.717) is 23.3 Å². The molecule has 3 rings (SSSR count). The zero-order chi connectivity index (χ0) is 14.1. The van der Waals surface area contributed by atoms with Gasteiger partial charge < -0.3 is 9.84 Å². The molecule has 1 aliphatic rings. The minimum Gasteiger partial charge on any atom is -0.339 e. The topological polar surface area (TPSA) is 51.0 Å². The van der Waals surface area contributed by atoms with E-state index in [0.717, 1.165) is 17.9 Å². The molecule has 1 aromatic carbocycles. The predicted molar refractivity (Wildman–Crippen MR) is 73.7 cm³/mol. The van der Waals surface area contributed by atoms with Crippen molar-refractivity contribution in [3.8, 4) is 11.4 Å². The van der Waals surface area contributed by atoms with Crippen LogP contribution in [0.15, 0.2) is 22.7 Å². The van der Waals surface area contributed by atoms with Crippen molar-refractivity contribution in [1.29, 1.82) is 0 Å². The number of halogens is 1. The van der Waals surface area contributed by atoms with Crippen LogP contribution in [-0.2, 0) is 6.42 Å². The molecule has 4 nitrogen and oxygen atoms in total. The molecule has 1 saturated carbocycles. The van der Waals surface area contributed by atoms with E-state index in [1.807, 2.05) is 7.05 Å². The van der Waals surface area contributed by atoms with Gasteiger partial charge in [-0.25, -0.2) is 4.39 Å². The van der Waals surface area contributed by atoms with Crippen molar-refractivity contribution in [1.82, 2.24) is 15.5 Å². The highest BCUT2D eigenvalue weighted by atomic mass is 19.1. The van der Waals surface area contributed by atoms with Crippen LogP contribution in [0.5, 0.6) is 0 Å². The summed E-state index contributed by atoms with van der Waals surface area (Å²) in [4.78, 5) is 4.41. The van der Waals surface area contributed by atoms with Crippen molar-refractivity contribution in [2.75, 3.05) is 7.05 Å². The van der Waals surface area contributed by atoms with E-state index >= 15 is 0 Å². The van der Waals surface area contributed by atoms with E-state index in [1.54, 1.807) is 19.1 Å². The van der Waals surface area contributed by atoms with Crippen LogP contribution in [0.3, 0.4) is 0 Å². The van der Waals surface area contributed by atoms with Gasteiger partial charge in [-0.3, -0.25) is 0 Å². The summed E-state index contributed by atoms with van der Waals surface area (Å²) in [5.41, 5.74) is 1.37. The second-order valence-corrected chi connectivity index (χ2v) is 5.41. The minimum atomic E-state index is -0.221. The van der Waals surface area contributed by atoms with Crippen LogP contribution in [0.25, 0.3) is 11.4 Å². The second-order valence-electron chi connectivity index (χ2n) is 5.41. The van der Waals surface area contributed by atoms with Crippen molar-refractivity contribution < 1.29 is 8.91 Å². The van der Waals surface area contributed by atoms with E-state index in [9.17, 15) is 4.39 Å². The van der Waals surface area contributed by atoms with Crippen molar-refractivity contribution in [2.45, 2.75) is 32.2 Å². The fraction of sp³-hybridized carbons (Fsp3) is 0.467. The third-order valence-corrected chi connectivity index (χ3v) is 3.84. The molecule has 0 saturated heterocycles. The maximum Gasteiger partial charge on any atom is 0.228 e. The molecule has 1 N–H and O–H groups in total. The number of aromatic nitrogens is 2. The lowest BCUT2D eigenvalue weighted by molar-refractivity contribution is 0.352. The van der Waals surface area contributed by atoms with E-state index in [2.05, 4.69) is 15.5 Å². The number of benzene rings is 1. The van der Waals surface area contributed by atoms with Crippen molar-refractivity contribution >= 4 is 0 Å². The van der Waals surface area contributed by atoms with Gasteiger partial charge in [-0.2, -0.15) is 4.98 Å². The number of aryl methyl sites for hydroxylation is 1. The van der Waals surface area contributed by atoms with Crippen molar-refractivity contribution in [3.63, 3.8) is 0 Å². The van der Waals surface area contributed by atoms with Crippen LogP contribution in [0.4, 0.5) is 4.39 Å². The summed E-state index contributed by atoms with van der Waals surface area (Å²) in [6.07, 6.45) is 3.28. The Morgan fingerprint density at radius 1 is 1.45 bits per heavy atom. The molecule has 1 fully saturated rings. The Balaban J connectivity index is 1.77. The van der Waals surface area contributed by atoms with Crippen LogP contribution < -0.4 is 5.32 Å². The number of likely N-dealkylation sites (N-methyl/N-ethyl adjacent to an activating group) is 1. The van der Waals surface area contributed by atoms with E-state index in [1.165, 1.54) is 18.9 Å². The zero-order valence-corrected chi connectivity index (χ0v) is 11.7. The van der Waals surface area contributed by atoms with Gasteiger partial charge in [-0.15, -0.1) is 0 Å². The Kier molecular flexibility index (Phi) is 3.53. The Labute approximate surface area is 117 Å². The third kappa shape index (κ3) is 2.72. The van der Waals surface area contributed by atoms with Crippen LogP contribution >= 0.6 is 0 Å². The minimum absolute atomic E-state index is 0.221. The Hall–Kier alpha value is -1.75. The number of hydrogen-bond acceptors (Lipinski definition) is 4.